The van der Waals surface area contributed by atoms with Gasteiger partial charge in [-0.1, -0.05) is 18.2 Å². The van der Waals surface area contributed by atoms with Gasteiger partial charge in [0.1, 0.15) is 0 Å². The first-order chi connectivity index (χ1) is 6.33. The number of hydrogen-bond acceptors (Lipinski definition) is 2. The highest BCUT2D eigenvalue weighted by Gasteiger charge is 2.20. The zero-order valence-electron chi connectivity index (χ0n) is 7.92. The molecule has 2 nitrogen and oxygen atoms in total. The third kappa shape index (κ3) is 1.47. The molecule has 0 aromatic heterocycles. The molecule has 1 unspecified atom stereocenters. The average Bonchev–Trinajstić information content (AvgIpc) is 2.50. The van der Waals surface area contributed by atoms with Crippen molar-refractivity contribution in [2.45, 2.75) is 25.5 Å². The van der Waals surface area contributed by atoms with Crippen molar-refractivity contribution < 1.29 is 4.74 Å². The molecule has 13 heavy (non-hydrogen) atoms. The summed E-state index contributed by atoms with van der Waals surface area (Å²) in [5, 5.41) is 0. The quantitative estimate of drug-likeness (QED) is 0.747. The molecule has 2 N–H and O–H groups in total. The van der Waals surface area contributed by atoms with Gasteiger partial charge in [-0.15, -0.1) is 0 Å². The molecule has 0 heterocycles. The van der Waals surface area contributed by atoms with Gasteiger partial charge < -0.3 is 10.5 Å². The van der Waals surface area contributed by atoms with Crippen molar-refractivity contribution in [3.8, 4) is 0 Å². The third-order valence-electron chi connectivity index (χ3n) is 2.71. The zero-order chi connectivity index (χ0) is 9.26. The molecule has 1 aliphatic carbocycles. The summed E-state index contributed by atoms with van der Waals surface area (Å²) in [5.74, 6) is 0. The first-order valence-corrected chi connectivity index (χ1v) is 4.68. The van der Waals surface area contributed by atoms with Gasteiger partial charge in [-0.2, -0.15) is 0 Å². The molecule has 1 atom stereocenters. The minimum absolute atomic E-state index is 0.242. The first-order valence-electron chi connectivity index (χ1n) is 4.68. The smallest absolute Gasteiger partial charge is 0.0715 e. The van der Waals surface area contributed by atoms with E-state index in [0.29, 0.717) is 6.61 Å². The van der Waals surface area contributed by atoms with Gasteiger partial charge in [0, 0.05) is 13.2 Å². The Morgan fingerprint density at radius 3 is 3.15 bits per heavy atom. The van der Waals surface area contributed by atoms with E-state index in [1.165, 1.54) is 16.7 Å². The SMILES string of the molecule is COCc1cccc2c1CCC2N. The van der Waals surface area contributed by atoms with E-state index >= 15 is 0 Å². The van der Waals surface area contributed by atoms with Crippen molar-refractivity contribution in [2.75, 3.05) is 7.11 Å². The van der Waals surface area contributed by atoms with E-state index in [-0.39, 0.29) is 6.04 Å². The summed E-state index contributed by atoms with van der Waals surface area (Å²) >= 11 is 0. The van der Waals surface area contributed by atoms with Gasteiger partial charge in [0.15, 0.2) is 0 Å². The van der Waals surface area contributed by atoms with Gasteiger partial charge in [-0.3, -0.25) is 0 Å². The lowest BCUT2D eigenvalue weighted by Gasteiger charge is -2.08. The molecular formula is C11H15NO. The summed E-state index contributed by atoms with van der Waals surface area (Å²) < 4.78 is 5.15. The van der Waals surface area contributed by atoms with Crippen LogP contribution in [0.15, 0.2) is 18.2 Å². The van der Waals surface area contributed by atoms with Crippen LogP contribution in [0.4, 0.5) is 0 Å². The normalized spacial score (nSPS) is 20.3. The molecule has 0 saturated carbocycles. The molecule has 0 bridgehead atoms. The van der Waals surface area contributed by atoms with Crippen LogP contribution in [-0.2, 0) is 17.8 Å². The molecule has 70 valence electrons. The summed E-state index contributed by atoms with van der Waals surface area (Å²) in [6.45, 7) is 0.704. The number of hydrogen-bond donors (Lipinski definition) is 1. The van der Waals surface area contributed by atoms with E-state index in [0.717, 1.165) is 12.8 Å². The minimum atomic E-state index is 0.242. The molecule has 0 aliphatic heterocycles. The highest BCUT2D eigenvalue weighted by Crippen LogP contribution is 2.31. The molecule has 1 aromatic rings. The second kappa shape index (κ2) is 3.48. The van der Waals surface area contributed by atoms with Crippen LogP contribution in [0.5, 0.6) is 0 Å². The zero-order valence-corrected chi connectivity index (χ0v) is 7.92. The highest BCUT2D eigenvalue weighted by atomic mass is 16.5. The number of fused-ring (bicyclic) bond motifs is 1. The number of methoxy groups -OCH3 is 1. The van der Waals surface area contributed by atoms with E-state index in [9.17, 15) is 0 Å². The third-order valence-corrected chi connectivity index (χ3v) is 2.71. The molecule has 0 spiro atoms. The maximum absolute atomic E-state index is 5.97. The van der Waals surface area contributed by atoms with Crippen molar-refractivity contribution in [2.24, 2.45) is 5.73 Å². The molecule has 2 heteroatoms. The van der Waals surface area contributed by atoms with Crippen molar-refractivity contribution >= 4 is 0 Å². The van der Waals surface area contributed by atoms with E-state index in [2.05, 4.69) is 18.2 Å². The second-order valence-electron chi connectivity index (χ2n) is 3.56. The summed E-state index contributed by atoms with van der Waals surface area (Å²) in [7, 11) is 1.73. The molecular weight excluding hydrogens is 162 g/mol. The van der Waals surface area contributed by atoms with Crippen LogP contribution >= 0.6 is 0 Å². The van der Waals surface area contributed by atoms with E-state index in [1.54, 1.807) is 7.11 Å². The summed E-state index contributed by atoms with van der Waals surface area (Å²) in [6, 6.07) is 6.57. The minimum Gasteiger partial charge on any atom is -0.380 e. The van der Waals surface area contributed by atoms with Gasteiger partial charge in [0.25, 0.3) is 0 Å². The Balaban J connectivity index is 2.38. The maximum Gasteiger partial charge on any atom is 0.0715 e. The van der Waals surface area contributed by atoms with Gasteiger partial charge in [0.2, 0.25) is 0 Å². The largest absolute Gasteiger partial charge is 0.380 e. The van der Waals surface area contributed by atoms with Crippen molar-refractivity contribution in [1.82, 2.24) is 0 Å². The average molecular weight is 177 g/mol. The Morgan fingerprint density at radius 2 is 2.38 bits per heavy atom. The Morgan fingerprint density at radius 1 is 1.54 bits per heavy atom. The number of rotatable bonds is 2. The first kappa shape index (κ1) is 8.73. The molecule has 1 aromatic carbocycles. The molecule has 0 saturated heterocycles. The Kier molecular flexibility index (Phi) is 2.34. The lowest BCUT2D eigenvalue weighted by Crippen LogP contribution is -2.05. The van der Waals surface area contributed by atoms with Crippen LogP contribution in [0.25, 0.3) is 0 Å². The number of nitrogens with two attached hydrogens (primary N) is 1. The van der Waals surface area contributed by atoms with Gasteiger partial charge in [-0.05, 0) is 29.5 Å². The lowest BCUT2D eigenvalue weighted by molar-refractivity contribution is 0.184. The Bertz CT molecular complexity index is 309. The molecule has 0 fully saturated rings. The van der Waals surface area contributed by atoms with E-state index in [4.69, 9.17) is 10.5 Å². The van der Waals surface area contributed by atoms with Gasteiger partial charge in [0.05, 0.1) is 6.61 Å². The Labute approximate surface area is 78.7 Å². The predicted octanol–water partition coefficient (Wildman–Crippen LogP) is 1.78. The van der Waals surface area contributed by atoms with Crippen LogP contribution in [-0.4, -0.2) is 7.11 Å². The number of benzene rings is 1. The van der Waals surface area contributed by atoms with Crippen molar-refractivity contribution in [3.05, 3.63) is 34.9 Å². The van der Waals surface area contributed by atoms with Crippen LogP contribution in [0.1, 0.15) is 29.2 Å². The monoisotopic (exact) mass is 177 g/mol. The predicted molar refractivity (Wildman–Crippen MR) is 52.4 cm³/mol. The van der Waals surface area contributed by atoms with Crippen LogP contribution in [0.3, 0.4) is 0 Å². The fraction of sp³-hybridized carbons (Fsp3) is 0.455. The van der Waals surface area contributed by atoms with Gasteiger partial charge in [-0.25, -0.2) is 0 Å². The van der Waals surface area contributed by atoms with Crippen molar-refractivity contribution in [1.29, 1.82) is 0 Å². The second-order valence-corrected chi connectivity index (χ2v) is 3.56. The summed E-state index contributed by atoms with van der Waals surface area (Å²) in [5.41, 5.74) is 10.00. The van der Waals surface area contributed by atoms with E-state index in [1.807, 2.05) is 0 Å². The topological polar surface area (TPSA) is 35.2 Å². The summed E-state index contributed by atoms with van der Waals surface area (Å²) in [6.07, 6.45) is 2.19. The highest BCUT2D eigenvalue weighted by molar-refractivity contribution is 5.40. The lowest BCUT2D eigenvalue weighted by atomic mass is 10.0. The summed E-state index contributed by atoms with van der Waals surface area (Å²) in [4.78, 5) is 0. The fourth-order valence-electron chi connectivity index (χ4n) is 2.05. The molecule has 1 aliphatic rings. The van der Waals surface area contributed by atoms with Crippen LogP contribution in [0.2, 0.25) is 0 Å². The Hall–Kier alpha value is -0.860. The molecule has 0 radical (unpaired) electrons. The van der Waals surface area contributed by atoms with Crippen molar-refractivity contribution in [3.63, 3.8) is 0 Å². The van der Waals surface area contributed by atoms with E-state index < -0.39 is 0 Å². The maximum atomic E-state index is 5.97. The molecule has 2 rings (SSSR count). The van der Waals surface area contributed by atoms with Crippen LogP contribution < -0.4 is 5.73 Å². The standard InChI is InChI=1S/C11H15NO/c1-13-7-8-3-2-4-10-9(8)5-6-11(10)12/h2-4,11H,5-7,12H2,1H3. The number of ether oxygens (including phenoxy) is 1. The fourth-order valence-corrected chi connectivity index (χ4v) is 2.05. The molecule has 0 amide bonds. The van der Waals surface area contributed by atoms with Crippen LogP contribution in [0, 0.1) is 0 Å². The van der Waals surface area contributed by atoms with Gasteiger partial charge >= 0.3 is 0 Å².